The number of phosphoric acid groups is 3. The van der Waals surface area contributed by atoms with Gasteiger partial charge in [-0.2, -0.15) is 4.31 Å². The second-order valence-electron chi connectivity index (χ2n) is 2.35. The van der Waals surface area contributed by atoms with E-state index in [-0.39, 0.29) is 0 Å². The van der Waals surface area contributed by atoms with E-state index in [1.807, 2.05) is 0 Å². The van der Waals surface area contributed by atoms with E-state index >= 15 is 0 Å². The standard InChI is InChI=1S/CH3O11P3/c2-13(3,4)12-14(5,6)8-1-9-15(7,10-1)11-1/h(H,5,6)(H2,2,3,4). The molecule has 0 spiro atoms. The van der Waals surface area contributed by atoms with Gasteiger partial charge in [-0.25, -0.2) is 31.8 Å². The van der Waals surface area contributed by atoms with Crippen molar-refractivity contribution in [2.75, 3.05) is 0 Å². The van der Waals surface area contributed by atoms with Gasteiger partial charge in [0.05, 0.1) is 0 Å². The van der Waals surface area contributed by atoms with Gasteiger partial charge in [0.1, 0.15) is 0 Å². The van der Waals surface area contributed by atoms with Crippen LogP contribution in [0.3, 0.4) is 0 Å². The molecule has 3 saturated heterocycles. The zero-order chi connectivity index (χ0) is 11.5. The number of hydrogen-bond donors (Lipinski definition) is 3. The van der Waals surface area contributed by atoms with Crippen LogP contribution in [0.5, 0.6) is 0 Å². The largest absolute Gasteiger partial charge is 0.493 e. The Morgan fingerprint density at radius 3 is 1.93 bits per heavy atom. The SMILES string of the molecule is O=P(O)(O)OP(=O)(O)OC12OP(=O)(O1)O2. The van der Waals surface area contributed by atoms with Gasteiger partial charge in [-0.1, -0.05) is 0 Å². The van der Waals surface area contributed by atoms with Gasteiger partial charge in [-0.3, -0.25) is 0 Å². The fraction of sp³-hybridized carbons (Fsp3) is 1.00. The number of rotatable bonds is 4. The minimum atomic E-state index is -5.23. The van der Waals surface area contributed by atoms with Crippen LogP contribution in [0.4, 0.5) is 0 Å². The second kappa shape index (κ2) is 2.98. The molecule has 0 amide bonds. The van der Waals surface area contributed by atoms with E-state index in [1.165, 1.54) is 0 Å². The Morgan fingerprint density at radius 2 is 1.60 bits per heavy atom. The molecule has 0 aromatic rings. The maximum Gasteiger partial charge on any atom is 0.493 e. The minimum absolute atomic E-state index is 2.46. The van der Waals surface area contributed by atoms with Crippen LogP contribution in [0.15, 0.2) is 0 Å². The van der Waals surface area contributed by atoms with Crippen molar-refractivity contribution >= 4 is 23.5 Å². The van der Waals surface area contributed by atoms with E-state index in [0.717, 1.165) is 0 Å². The molecule has 1 atom stereocenters. The van der Waals surface area contributed by atoms with Crippen LogP contribution < -0.4 is 0 Å². The van der Waals surface area contributed by atoms with Crippen molar-refractivity contribution < 1.29 is 50.8 Å². The van der Waals surface area contributed by atoms with Crippen molar-refractivity contribution in [3.8, 4) is 0 Å². The van der Waals surface area contributed by atoms with E-state index in [0.29, 0.717) is 0 Å². The monoisotopic (exact) mass is 284 g/mol. The van der Waals surface area contributed by atoms with Crippen molar-refractivity contribution in [1.82, 2.24) is 0 Å². The molecule has 0 aliphatic carbocycles. The highest BCUT2D eigenvalue weighted by atomic mass is 31.3. The number of phosphoric ester groups is 2. The Morgan fingerprint density at radius 1 is 1.13 bits per heavy atom. The summed E-state index contributed by atoms with van der Waals surface area (Å²) in [6.07, 6.45) is -2.46. The van der Waals surface area contributed by atoms with Crippen LogP contribution in [-0.4, -0.2) is 20.8 Å². The molecule has 3 fully saturated rings. The first-order chi connectivity index (χ1) is 6.54. The van der Waals surface area contributed by atoms with Crippen molar-refractivity contribution in [2.24, 2.45) is 0 Å². The molecule has 1 unspecified atom stereocenters. The molecule has 0 aromatic carbocycles. The van der Waals surface area contributed by atoms with E-state index < -0.39 is 29.6 Å². The van der Waals surface area contributed by atoms with Crippen LogP contribution in [-0.2, 0) is 36.1 Å². The molecule has 15 heavy (non-hydrogen) atoms. The average Bonchev–Trinajstić information content (AvgIpc) is 1.73. The summed E-state index contributed by atoms with van der Waals surface area (Å²) in [5.41, 5.74) is 0. The molecule has 0 aromatic heterocycles. The first kappa shape index (κ1) is 11.8. The second-order valence-corrected chi connectivity index (χ2v) is 6.55. The summed E-state index contributed by atoms with van der Waals surface area (Å²) in [6, 6.07) is 0. The molecule has 88 valence electrons. The molecule has 2 bridgehead atoms. The van der Waals surface area contributed by atoms with Crippen LogP contribution in [0.2, 0.25) is 0 Å². The maximum atomic E-state index is 10.9. The highest BCUT2D eigenvalue weighted by Gasteiger charge is 2.79. The minimum Gasteiger partial charge on any atom is -0.302 e. The van der Waals surface area contributed by atoms with Crippen LogP contribution in [0, 0.1) is 0 Å². The third-order valence-corrected chi connectivity index (χ3v) is 4.58. The Kier molecular flexibility index (Phi) is 2.35. The fourth-order valence-corrected chi connectivity index (χ4v) is 3.53. The van der Waals surface area contributed by atoms with Crippen LogP contribution in [0.25, 0.3) is 0 Å². The summed E-state index contributed by atoms with van der Waals surface area (Å²) in [7, 11) is -14.0. The summed E-state index contributed by atoms with van der Waals surface area (Å²) in [4.78, 5) is 25.2. The lowest BCUT2D eigenvalue weighted by molar-refractivity contribution is -0.517. The Hall–Kier alpha value is 0.370. The molecule has 3 heterocycles. The fourth-order valence-electron chi connectivity index (χ4n) is 0.774. The Bertz CT molecular complexity index is 403. The Labute approximate surface area is 81.3 Å². The topological polar surface area (TPSA) is 158 Å². The first-order valence-corrected chi connectivity index (χ1v) is 7.55. The van der Waals surface area contributed by atoms with E-state index in [2.05, 4.69) is 22.4 Å². The quantitative estimate of drug-likeness (QED) is 0.596. The summed E-state index contributed by atoms with van der Waals surface area (Å²) >= 11 is 0. The molecule has 3 rings (SSSR count). The third kappa shape index (κ3) is 2.38. The molecular formula is CH3O11P3. The maximum absolute atomic E-state index is 10.9. The normalized spacial score (nSPS) is 42.6. The van der Waals surface area contributed by atoms with E-state index in [1.54, 1.807) is 0 Å². The lowest BCUT2D eigenvalue weighted by Crippen LogP contribution is -2.58. The van der Waals surface area contributed by atoms with Crippen LogP contribution in [0.1, 0.15) is 0 Å². The predicted octanol–water partition coefficient (Wildman–Crippen LogP) is 0.00910. The van der Waals surface area contributed by atoms with Gasteiger partial charge in [-0.15, -0.1) is 0 Å². The van der Waals surface area contributed by atoms with Crippen molar-refractivity contribution in [2.45, 2.75) is 6.16 Å². The van der Waals surface area contributed by atoms with Crippen molar-refractivity contribution in [3.05, 3.63) is 0 Å². The number of hydrogen-bond acceptors (Lipinski definition) is 8. The predicted molar refractivity (Wildman–Crippen MR) is 37.6 cm³/mol. The van der Waals surface area contributed by atoms with Gasteiger partial charge < -0.3 is 14.7 Å². The van der Waals surface area contributed by atoms with Gasteiger partial charge in [-0.05, 0) is 0 Å². The zero-order valence-corrected chi connectivity index (χ0v) is 9.13. The Balaban J connectivity index is 1.98. The van der Waals surface area contributed by atoms with Gasteiger partial charge in [0.2, 0.25) is 0 Å². The van der Waals surface area contributed by atoms with Gasteiger partial charge >= 0.3 is 29.6 Å². The molecular weight excluding hydrogens is 281 g/mol. The lowest BCUT2D eigenvalue weighted by atomic mass is 11.2. The summed E-state index contributed by atoms with van der Waals surface area (Å²) in [6.45, 7) is 0. The third-order valence-electron chi connectivity index (χ3n) is 1.11. The summed E-state index contributed by atoms with van der Waals surface area (Å²) < 4.78 is 51.5. The highest BCUT2D eigenvalue weighted by molar-refractivity contribution is 7.60. The lowest BCUT2D eigenvalue weighted by Gasteiger charge is -2.52. The molecule has 11 nitrogen and oxygen atoms in total. The molecule has 3 N–H and O–H groups in total. The smallest absolute Gasteiger partial charge is 0.302 e. The first-order valence-electron chi connectivity index (χ1n) is 3.06. The van der Waals surface area contributed by atoms with Crippen molar-refractivity contribution in [1.29, 1.82) is 0 Å². The molecule has 3 aliphatic heterocycles. The van der Waals surface area contributed by atoms with Gasteiger partial charge in [0, 0.05) is 0 Å². The summed E-state index contributed by atoms with van der Waals surface area (Å²) in [5.74, 6) is 0. The molecule has 0 radical (unpaired) electrons. The summed E-state index contributed by atoms with van der Waals surface area (Å²) in [5, 5.41) is 0. The van der Waals surface area contributed by atoms with E-state index in [9.17, 15) is 13.7 Å². The van der Waals surface area contributed by atoms with Crippen molar-refractivity contribution in [3.63, 3.8) is 0 Å². The molecule has 3 aliphatic rings. The molecule has 14 heteroatoms. The van der Waals surface area contributed by atoms with Gasteiger partial charge in [0.25, 0.3) is 0 Å². The van der Waals surface area contributed by atoms with Gasteiger partial charge in [0.15, 0.2) is 0 Å². The van der Waals surface area contributed by atoms with E-state index in [4.69, 9.17) is 14.7 Å². The average molecular weight is 284 g/mol. The zero-order valence-electron chi connectivity index (χ0n) is 6.45. The highest BCUT2D eigenvalue weighted by Crippen LogP contribution is 2.82. The van der Waals surface area contributed by atoms with Crippen LogP contribution >= 0.6 is 23.5 Å². The molecule has 0 saturated carbocycles.